The molecular formula is C25H25N5O2. The Kier molecular flexibility index (Phi) is 5.73. The van der Waals surface area contributed by atoms with E-state index < -0.39 is 0 Å². The van der Waals surface area contributed by atoms with Crippen molar-refractivity contribution >= 4 is 11.6 Å². The third-order valence-electron chi connectivity index (χ3n) is 5.05. The first-order valence-corrected chi connectivity index (χ1v) is 10.3. The molecular weight excluding hydrogens is 402 g/mol. The minimum atomic E-state index is -0.157. The van der Waals surface area contributed by atoms with Gasteiger partial charge in [0.15, 0.2) is 5.82 Å². The predicted molar refractivity (Wildman–Crippen MR) is 124 cm³/mol. The summed E-state index contributed by atoms with van der Waals surface area (Å²) in [7, 11) is 0. The van der Waals surface area contributed by atoms with Crippen LogP contribution in [0.25, 0.3) is 5.82 Å². The number of hydrogen-bond acceptors (Lipinski definition) is 5. The van der Waals surface area contributed by atoms with E-state index in [2.05, 4.69) is 41.3 Å². The van der Waals surface area contributed by atoms with Crippen LogP contribution in [0.15, 0.2) is 73.1 Å². The van der Waals surface area contributed by atoms with Gasteiger partial charge in [-0.3, -0.25) is 9.36 Å². The van der Waals surface area contributed by atoms with Crippen molar-refractivity contribution in [3.8, 4) is 17.4 Å². The molecule has 0 radical (unpaired) electrons. The quantitative estimate of drug-likeness (QED) is 0.467. The van der Waals surface area contributed by atoms with Gasteiger partial charge in [0.25, 0.3) is 5.91 Å². The highest BCUT2D eigenvalue weighted by Gasteiger charge is 2.14. The van der Waals surface area contributed by atoms with Crippen LogP contribution in [0, 0.1) is 6.92 Å². The molecule has 0 atom stereocenters. The third-order valence-corrected chi connectivity index (χ3v) is 5.05. The van der Waals surface area contributed by atoms with Gasteiger partial charge in [-0.05, 0) is 60.4 Å². The predicted octanol–water partition coefficient (Wildman–Crippen LogP) is 5.31. The second kappa shape index (κ2) is 8.63. The first-order chi connectivity index (χ1) is 15.3. The number of ether oxygens (including phenoxy) is 1. The molecule has 0 bridgehead atoms. The Morgan fingerprint density at radius 3 is 2.22 bits per heavy atom. The van der Waals surface area contributed by atoms with Gasteiger partial charge >= 0.3 is 0 Å². The molecule has 0 saturated carbocycles. The van der Waals surface area contributed by atoms with E-state index in [-0.39, 0.29) is 11.3 Å². The lowest BCUT2D eigenvalue weighted by atomic mass is 9.87. The average Bonchev–Trinajstić information content (AvgIpc) is 3.21. The van der Waals surface area contributed by atoms with Gasteiger partial charge in [0.2, 0.25) is 5.88 Å². The van der Waals surface area contributed by atoms with Crippen molar-refractivity contribution in [2.45, 2.75) is 33.1 Å². The normalized spacial score (nSPS) is 11.2. The maximum absolute atomic E-state index is 12.5. The van der Waals surface area contributed by atoms with E-state index >= 15 is 0 Å². The Balaban J connectivity index is 1.38. The summed E-state index contributed by atoms with van der Waals surface area (Å²) in [4.78, 5) is 16.7. The molecule has 7 heteroatoms. The maximum atomic E-state index is 12.5. The Morgan fingerprint density at radius 1 is 0.938 bits per heavy atom. The maximum Gasteiger partial charge on any atom is 0.255 e. The molecule has 0 saturated heterocycles. The molecule has 1 N–H and O–H groups in total. The van der Waals surface area contributed by atoms with Crippen LogP contribution in [0.1, 0.15) is 42.5 Å². The number of rotatable bonds is 5. The number of carbonyl (C=O) groups excluding carboxylic acids is 1. The van der Waals surface area contributed by atoms with Crippen molar-refractivity contribution < 1.29 is 9.53 Å². The number of aryl methyl sites for hydroxylation is 1. The van der Waals surface area contributed by atoms with E-state index in [1.54, 1.807) is 36.5 Å². The number of benzene rings is 2. The zero-order chi connectivity index (χ0) is 22.7. The highest BCUT2D eigenvalue weighted by atomic mass is 16.5. The Labute approximate surface area is 187 Å². The van der Waals surface area contributed by atoms with Crippen LogP contribution < -0.4 is 10.1 Å². The number of imidazole rings is 1. The first kappa shape index (κ1) is 21.2. The van der Waals surface area contributed by atoms with Crippen LogP contribution in [0.2, 0.25) is 0 Å². The molecule has 4 rings (SSSR count). The van der Waals surface area contributed by atoms with Crippen molar-refractivity contribution in [1.29, 1.82) is 0 Å². The molecule has 162 valence electrons. The molecule has 2 aromatic carbocycles. The first-order valence-electron chi connectivity index (χ1n) is 10.3. The molecule has 32 heavy (non-hydrogen) atoms. The highest BCUT2D eigenvalue weighted by molar-refractivity contribution is 6.04. The lowest BCUT2D eigenvalue weighted by Crippen LogP contribution is -2.14. The van der Waals surface area contributed by atoms with Crippen LogP contribution in [0.4, 0.5) is 5.69 Å². The van der Waals surface area contributed by atoms with Gasteiger partial charge in [0.05, 0.1) is 0 Å². The number of amides is 1. The highest BCUT2D eigenvalue weighted by Crippen LogP contribution is 2.24. The molecule has 0 unspecified atom stereocenters. The minimum Gasteiger partial charge on any atom is -0.438 e. The van der Waals surface area contributed by atoms with E-state index in [4.69, 9.17) is 4.74 Å². The molecule has 0 aliphatic heterocycles. The number of nitrogens with zero attached hydrogens (tertiary/aromatic N) is 4. The molecule has 2 aromatic heterocycles. The summed E-state index contributed by atoms with van der Waals surface area (Å²) in [6, 6.07) is 18.4. The topological polar surface area (TPSA) is 81.9 Å². The van der Waals surface area contributed by atoms with Crippen LogP contribution in [-0.2, 0) is 5.41 Å². The number of carbonyl (C=O) groups is 1. The molecule has 4 aromatic rings. The summed E-state index contributed by atoms with van der Waals surface area (Å²) >= 11 is 0. The van der Waals surface area contributed by atoms with Gasteiger partial charge in [-0.15, -0.1) is 10.2 Å². The van der Waals surface area contributed by atoms with Crippen LogP contribution >= 0.6 is 0 Å². The lowest BCUT2D eigenvalue weighted by molar-refractivity contribution is 0.102. The summed E-state index contributed by atoms with van der Waals surface area (Å²) in [5.41, 5.74) is 2.53. The third kappa shape index (κ3) is 4.83. The van der Waals surface area contributed by atoms with E-state index in [1.807, 2.05) is 48.0 Å². The summed E-state index contributed by atoms with van der Waals surface area (Å²) in [6.07, 6.45) is 3.54. The molecule has 7 nitrogen and oxygen atoms in total. The van der Waals surface area contributed by atoms with E-state index in [0.29, 0.717) is 28.7 Å². The van der Waals surface area contributed by atoms with E-state index in [1.165, 1.54) is 5.56 Å². The molecule has 0 spiro atoms. The van der Waals surface area contributed by atoms with Gasteiger partial charge < -0.3 is 10.1 Å². The number of aromatic nitrogens is 4. The zero-order valence-electron chi connectivity index (χ0n) is 18.5. The molecule has 0 aliphatic rings. The fourth-order valence-corrected chi connectivity index (χ4v) is 3.17. The van der Waals surface area contributed by atoms with Crippen molar-refractivity contribution in [2.75, 3.05) is 5.32 Å². The van der Waals surface area contributed by atoms with Gasteiger partial charge in [-0.25, -0.2) is 4.98 Å². The van der Waals surface area contributed by atoms with Gasteiger partial charge in [-0.1, -0.05) is 32.9 Å². The SMILES string of the molecule is Cc1nccn1-c1ccc(Oc2ccc(NC(=O)c3ccc(C(C)(C)C)cc3)cc2)nn1. The van der Waals surface area contributed by atoms with Crippen LogP contribution in [-0.4, -0.2) is 25.7 Å². The lowest BCUT2D eigenvalue weighted by Gasteiger charge is -2.19. The molecule has 0 aliphatic carbocycles. The molecule has 1 amide bonds. The van der Waals surface area contributed by atoms with Crippen molar-refractivity contribution in [3.05, 3.63) is 90.0 Å². The number of nitrogens with one attached hydrogen (secondary N) is 1. The van der Waals surface area contributed by atoms with Crippen molar-refractivity contribution in [1.82, 2.24) is 19.7 Å². The second-order valence-corrected chi connectivity index (χ2v) is 8.48. The Morgan fingerprint density at radius 2 is 1.66 bits per heavy atom. The fraction of sp³-hybridized carbons (Fsp3) is 0.200. The fourth-order valence-electron chi connectivity index (χ4n) is 3.17. The molecule has 2 heterocycles. The summed E-state index contributed by atoms with van der Waals surface area (Å²) in [5, 5.41) is 11.2. The summed E-state index contributed by atoms with van der Waals surface area (Å²) in [5.74, 6) is 2.31. The second-order valence-electron chi connectivity index (χ2n) is 8.48. The number of anilines is 1. The van der Waals surface area contributed by atoms with Crippen molar-refractivity contribution in [2.24, 2.45) is 0 Å². The Hall–Kier alpha value is -4.00. The smallest absolute Gasteiger partial charge is 0.255 e. The van der Waals surface area contributed by atoms with Gasteiger partial charge in [-0.2, -0.15) is 0 Å². The Bertz CT molecular complexity index is 1210. The van der Waals surface area contributed by atoms with E-state index in [0.717, 1.165) is 5.82 Å². The van der Waals surface area contributed by atoms with Crippen LogP contribution in [0.3, 0.4) is 0 Å². The standard InChI is InChI=1S/C25H25N5O2/c1-17-26-15-16-30(17)22-13-14-23(29-28-22)32-21-11-9-20(10-12-21)27-24(31)18-5-7-19(8-6-18)25(2,3)4/h5-16H,1-4H3,(H,27,31). The van der Waals surface area contributed by atoms with Crippen LogP contribution in [0.5, 0.6) is 11.6 Å². The number of hydrogen-bond donors (Lipinski definition) is 1. The van der Waals surface area contributed by atoms with E-state index in [9.17, 15) is 4.79 Å². The summed E-state index contributed by atoms with van der Waals surface area (Å²) in [6.45, 7) is 8.33. The van der Waals surface area contributed by atoms with Crippen molar-refractivity contribution in [3.63, 3.8) is 0 Å². The largest absolute Gasteiger partial charge is 0.438 e. The summed E-state index contributed by atoms with van der Waals surface area (Å²) < 4.78 is 7.60. The average molecular weight is 428 g/mol. The zero-order valence-corrected chi connectivity index (χ0v) is 18.5. The van der Waals surface area contributed by atoms with Gasteiger partial charge in [0, 0.05) is 29.7 Å². The monoisotopic (exact) mass is 427 g/mol. The molecule has 0 fully saturated rings. The van der Waals surface area contributed by atoms with Gasteiger partial charge in [0.1, 0.15) is 11.6 Å². The minimum absolute atomic E-state index is 0.0496.